The van der Waals surface area contributed by atoms with E-state index in [1.807, 2.05) is 0 Å². The number of esters is 1. The van der Waals surface area contributed by atoms with E-state index in [1.165, 1.54) is 25.3 Å². The summed E-state index contributed by atoms with van der Waals surface area (Å²) in [6, 6.07) is 7.65. The van der Waals surface area contributed by atoms with Crippen LogP contribution < -0.4 is 0 Å². The number of halogens is 2. The van der Waals surface area contributed by atoms with Gasteiger partial charge in [0, 0.05) is 15.1 Å². The predicted molar refractivity (Wildman–Crippen MR) is 72.6 cm³/mol. The maximum atomic E-state index is 12.2. The standard InChI is InChI=1S/C13H8BrClO4/c1-18-13(17)11-5-4-10(19-11)12(16)8-6-7(15)2-3-9(8)14/h2-6H,1H3. The van der Waals surface area contributed by atoms with Crippen LogP contribution in [0.5, 0.6) is 0 Å². The maximum absolute atomic E-state index is 12.2. The second-order valence-corrected chi connectivity index (χ2v) is 4.90. The van der Waals surface area contributed by atoms with Crippen molar-refractivity contribution < 1.29 is 18.7 Å². The Kier molecular flexibility index (Phi) is 4.07. The molecule has 2 aromatic rings. The summed E-state index contributed by atoms with van der Waals surface area (Å²) in [4.78, 5) is 23.5. The molecule has 0 fully saturated rings. The Bertz CT molecular complexity index is 648. The molecule has 0 spiro atoms. The van der Waals surface area contributed by atoms with Gasteiger partial charge in [0.25, 0.3) is 0 Å². The fourth-order valence-corrected chi connectivity index (χ4v) is 2.07. The van der Waals surface area contributed by atoms with Gasteiger partial charge in [-0.05, 0) is 30.3 Å². The first-order chi connectivity index (χ1) is 9.02. The van der Waals surface area contributed by atoms with Crippen LogP contribution in [0.25, 0.3) is 0 Å². The van der Waals surface area contributed by atoms with Gasteiger partial charge in [-0.1, -0.05) is 27.5 Å². The van der Waals surface area contributed by atoms with Gasteiger partial charge in [-0.15, -0.1) is 0 Å². The summed E-state index contributed by atoms with van der Waals surface area (Å²) in [6.07, 6.45) is 0. The average Bonchev–Trinajstić information content (AvgIpc) is 2.89. The first kappa shape index (κ1) is 13.8. The number of carbonyl (C=O) groups excluding carboxylic acids is 2. The lowest BCUT2D eigenvalue weighted by atomic mass is 10.1. The number of hydrogen-bond donors (Lipinski definition) is 0. The largest absolute Gasteiger partial charge is 0.463 e. The van der Waals surface area contributed by atoms with Crippen molar-refractivity contribution in [2.45, 2.75) is 0 Å². The Balaban J connectivity index is 2.36. The number of methoxy groups -OCH3 is 1. The average molecular weight is 344 g/mol. The molecule has 4 nitrogen and oxygen atoms in total. The highest BCUT2D eigenvalue weighted by atomic mass is 79.9. The minimum absolute atomic E-state index is 0.0241. The molecule has 1 aromatic heterocycles. The van der Waals surface area contributed by atoms with Crippen molar-refractivity contribution in [3.8, 4) is 0 Å². The molecule has 0 bridgehead atoms. The number of benzene rings is 1. The van der Waals surface area contributed by atoms with Crippen molar-refractivity contribution >= 4 is 39.3 Å². The van der Waals surface area contributed by atoms with Gasteiger partial charge < -0.3 is 9.15 Å². The third-order valence-electron chi connectivity index (χ3n) is 2.39. The lowest BCUT2D eigenvalue weighted by Crippen LogP contribution is -2.02. The molecule has 0 saturated carbocycles. The Morgan fingerprint density at radius 1 is 1.21 bits per heavy atom. The number of hydrogen-bond acceptors (Lipinski definition) is 4. The van der Waals surface area contributed by atoms with Gasteiger partial charge in [-0.2, -0.15) is 0 Å². The third-order valence-corrected chi connectivity index (χ3v) is 3.32. The molecule has 1 aromatic carbocycles. The van der Waals surface area contributed by atoms with Gasteiger partial charge >= 0.3 is 5.97 Å². The highest BCUT2D eigenvalue weighted by Gasteiger charge is 2.19. The van der Waals surface area contributed by atoms with E-state index in [2.05, 4.69) is 20.7 Å². The fraction of sp³-hybridized carbons (Fsp3) is 0.0769. The van der Waals surface area contributed by atoms with Crippen molar-refractivity contribution in [2.75, 3.05) is 7.11 Å². The molecule has 0 aliphatic heterocycles. The molecule has 0 radical (unpaired) electrons. The summed E-state index contributed by atoms with van der Waals surface area (Å²) < 4.78 is 10.3. The first-order valence-corrected chi connectivity index (χ1v) is 6.38. The molecule has 0 atom stereocenters. The number of ether oxygens (including phenoxy) is 1. The van der Waals surface area contributed by atoms with Crippen LogP contribution in [-0.4, -0.2) is 18.9 Å². The Hall–Kier alpha value is -1.59. The van der Waals surface area contributed by atoms with E-state index in [0.29, 0.717) is 15.1 Å². The van der Waals surface area contributed by atoms with Crippen molar-refractivity contribution in [3.63, 3.8) is 0 Å². The predicted octanol–water partition coefficient (Wildman–Crippen LogP) is 3.71. The second-order valence-electron chi connectivity index (χ2n) is 3.61. The quantitative estimate of drug-likeness (QED) is 0.629. The van der Waals surface area contributed by atoms with Gasteiger partial charge in [0.1, 0.15) is 0 Å². The van der Waals surface area contributed by atoms with E-state index >= 15 is 0 Å². The van der Waals surface area contributed by atoms with Crippen LogP contribution in [0.2, 0.25) is 5.02 Å². The third kappa shape index (κ3) is 2.88. The lowest BCUT2D eigenvalue weighted by Gasteiger charge is -2.02. The topological polar surface area (TPSA) is 56.5 Å². The van der Waals surface area contributed by atoms with E-state index in [1.54, 1.807) is 12.1 Å². The number of furan rings is 1. The van der Waals surface area contributed by atoms with Gasteiger partial charge in [0.15, 0.2) is 5.76 Å². The monoisotopic (exact) mass is 342 g/mol. The highest BCUT2D eigenvalue weighted by Crippen LogP contribution is 2.24. The fourth-order valence-electron chi connectivity index (χ4n) is 1.47. The summed E-state index contributed by atoms with van der Waals surface area (Å²) in [7, 11) is 1.24. The van der Waals surface area contributed by atoms with E-state index in [0.717, 1.165) is 0 Å². The van der Waals surface area contributed by atoms with Crippen LogP contribution in [0.1, 0.15) is 26.7 Å². The van der Waals surface area contributed by atoms with Crippen LogP contribution in [0.4, 0.5) is 0 Å². The molecule has 0 amide bonds. The van der Waals surface area contributed by atoms with Crippen molar-refractivity contribution in [3.05, 3.63) is 56.9 Å². The molecular weight excluding hydrogens is 335 g/mol. The molecule has 6 heteroatoms. The minimum atomic E-state index is -0.635. The Morgan fingerprint density at radius 2 is 1.89 bits per heavy atom. The number of carbonyl (C=O) groups is 2. The molecule has 0 unspecified atom stereocenters. The molecule has 0 aliphatic carbocycles. The van der Waals surface area contributed by atoms with Crippen molar-refractivity contribution in [2.24, 2.45) is 0 Å². The smallest absolute Gasteiger partial charge is 0.373 e. The van der Waals surface area contributed by atoms with Crippen LogP contribution in [0, 0.1) is 0 Å². The number of rotatable bonds is 3. The summed E-state index contributed by atoms with van der Waals surface area (Å²) in [5, 5.41) is 0.436. The van der Waals surface area contributed by atoms with Crippen molar-refractivity contribution in [1.82, 2.24) is 0 Å². The first-order valence-electron chi connectivity index (χ1n) is 5.21. The van der Waals surface area contributed by atoms with E-state index in [9.17, 15) is 9.59 Å². The van der Waals surface area contributed by atoms with Crippen LogP contribution in [0.3, 0.4) is 0 Å². The highest BCUT2D eigenvalue weighted by molar-refractivity contribution is 9.10. The van der Waals surface area contributed by atoms with E-state index in [4.69, 9.17) is 16.0 Å². The van der Waals surface area contributed by atoms with E-state index < -0.39 is 5.97 Å². The molecule has 0 N–H and O–H groups in total. The van der Waals surface area contributed by atoms with Crippen LogP contribution >= 0.6 is 27.5 Å². The molecule has 2 rings (SSSR count). The SMILES string of the molecule is COC(=O)c1ccc(C(=O)c2cc(Cl)ccc2Br)o1. The Morgan fingerprint density at radius 3 is 2.58 bits per heavy atom. The van der Waals surface area contributed by atoms with Crippen LogP contribution in [-0.2, 0) is 4.74 Å². The molecular formula is C13H8BrClO4. The van der Waals surface area contributed by atoms with E-state index in [-0.39, 0.29) is 17.3 Å². The Labute approximate surface area is 122 Å². The second kappa shape index (κ2) is 5.59. The summed E-state index contributed by atoms with van der Waals surface area (Å²) in [5.41, 5.74) is 0.360. The maximum Gasteiger partial charge on any atom is 0.373 e. The molecule has 1 heterocycles. The van der Waals surface area contributed by atoms with Gasteiger partial charge in [0.05, 0.1) is 7.11 Å². The summed E-state index contributed by atoms with van der Waals surface area (Å²) in [6.45, 7) is 0. The molecule has 0 aliphatic rings. The van der Waals surface area contributed by atoms with Crippen LogP contribution in [0.15, 0.2) is 39.2 Å². The zero-order valence-electron chi connectivity index (χ0n) is 9.78. The molecule has 0 saturated heterocycles. The van der Waals surface area contributed by atoms with Gasteiger partial charge in [0.2, 0.25) is 11.5 Å². The molecule has 19 heavy (non-hydrogen) atoms. The normalized spacial score (nSPS) is 10.3. The lowest BCUT2D eigenvalue weighted by molar-refractivity contribution is 0.0563. The summed E-state index contributed by atoms with van der Waals surface area (Å²) >= 11 is 9.11. The van der Waals surface area contributed by atoms with Gasteiger partial charge in [-0.3, -0.25) is 4.79 Å². The van der Waals surface area contributed by atoms with Crippen molar-refractivity contribution in [1.29, 1.82) is 0 Å². The summed E-state index contributed by atoms with van der Waals surface area (Å²) in [5.74, 6) is -0.985. The van der Waals surface area contributed by atoms with Gasteiger partial charge in [-0.25, -0.2) is 4.79 Å². The number of ketones is 1. The molecule has 98 valence electrons. The zero-order chi connectivity index (χ0) is 14.0. The minimum Gasteiger partial charge on any atom is -0.463 e. The zero-order valence-corrected chi connectivity index (χ0v) is 12.1.